The van der Waals surface area contributed by atoms with Gasteiger partial charge in [0.1, 0.15) is 0 Å². The maximum Gasteiger partial charge on any atom is 0.0716 e. The van der Waals surface area contributed by atoms with Gasteiger partial charge in [0.05, 0.1) is 12.2 Å². The van der Waals surface area contributed by atoms with Crippen LogP contribution < -0.4 is 5.32 Å². The monoisotopic (exact) mass is 275 g/mol. The van der Waals surface area contributed by atoms with Crippen molar-refractivity contribution in [3.05, 3.63) is 35.4 Å². The first kappa shape index (κ1) is 14.1. The van der Waals surface area contributed by atoms with E-state index in [0.717, 1.165) is 19.6 Å². The Kier molecular flexibility index (Phi) is 4.39. The Morgan fingerprint density at radius 1 is 1.30 bits per heavy atom. The zero-order valence-corrected chi connectivity index (χ0v) is 12.4. The van der Waals surface area contributed by atoms with Crippen molar-refractivity contribution in [1.29, 1.82) is 0 Å². The van der Waals surface area contributed by atoms with Gasteiger partial charge in [0.25, 0.3) is 0 Å². The van der Waals surface area contributed by atoms with Gasteiger partial charge in [-0.1, -0.05) is 24.3 Å². The molecule has 110 valence electrons. The van der Waals surface area contributed by atoms with Gasteiger partial charge in [-0.3, -0.25) is 0 Å². The van der Waals surface area contributed by atoms with E-state index in [0.29, 0.717) is 12.6 Å². The van der Waals surface area contributed by atoms with Crippen LogP contribution in [-0.4, -0.2) is 25.4 Å². The fourth-order valence-electron chi connectivity index (χ4n) is 3.40. The Labute approximate surface area is 121 Å². The summed E-state index contributed by atoms with van der Waals surface area (Å²) in [6.45, 7) is 2.53. The lowest BCUT2D eigenvalue weighted by atomic mass is 9.74. The van der Waals surface area contributed by atoms with Gasteiger partial charge in [-0.05, 0) is 43.2 Å². The van der Waals surface area contributed by atoms with Crippen molar-refractivity contribution >= 4 is 0 Å². The second kappa shape index (κ2) is 6.25. The summed E-state index contributed by atoms with van der Waals surface area (Å²) in [6, 6.07) is 9.13. The first-order valence-electron chi connectivity index (χ1n) is 7.74. The third-order valence-corrected chi connectivity index (χ3v) is 4.76. The number of hydrogen-bond donors (Lipinski definition) is 1. The Balaban J connectivity index is 1.56. The van der Waals surface area contributed by atoms with E-state index in [2.05, 4.69) is 29.6 Å². The Morgan fingerprint density at radius 2 is 2.10 bits per heavy atom. The minimum atomic E-state index is 0.224. The number of ether oxygens (including phenoxy) is 2. The smallest absolute Gasteiger partial charge is 0.0716 e. The second-order valence-corrected chi connectivity index (χ2v) is 6.16. The molecule has 1 atom stereocenters. The highest BCUT2D eigenvalue weighted by Crippen LogP contribution is 2.42. The van der Waals surface area contributed by atoms with Crippen LogP contribution in [0.4, 0.5) is 0 Å². The van der Waals surface area contributed by atoms with E-state index in [1.54, 1.807) is 7.11 Å². The number of rotatable bonds is 5. The molecule has 0 amide bonds. The molecule has 2 fully saturated rings. The van der Waals surface area contributed by atoms with E-state index in [9.17, 15) is 0 Å². The van der Waals surface area contributed by atoms with Crippen LogP contribution in [0, 0.1) is 0 Å². The van der Waals surface area contributed by atoms with Gasteiger partial charge in [0, 0.05) is 26.3 Å². The first-order chi connectivity index (χ1) is 9.81. The summed E-state index contributed by atoms with van der Waals surface area (Å²) >= 11 is 0. The third-order valence-electron chi connectivity index (χ3n) is 4.76. The number of methoxy groups -OCH3 is 1. The Morgan fingerprint density at radius 3 is 2.80 bits per heavy atom. The van der Waals surface area contributed by atoms with Crippen LogP contribution in [0.25, 0.3) is 0 Å². The van der Waals surface area contributed by atoms with E-state index in [4.69, 9.17) is 9.47 Å². The summed E-state index contributed by atoms with van der Waals surface area (Å²) in [4.78, 5) is 0. The predicted molar refractivity (Wildman–Crippen MR) is 79.6 cm³/mol. The van der Waals surface area contributed by atoms with E-state index in [1.165, 1.54) is 36.8 Å². The molecule has 1 saturated carbocycles. The van der Waals surface area contributed by atoms with E-state index in [1.807, 2.05) is 0 Å². The van der Waals surface area contributed by atoms with E-state index in [-0.39, 0.29) is 5.60 Å². The van der Waals surface area contributed by atoms with Gasteiger partial charge in [-0.15, -0.1) is 0 Å². The fourth-order valence-corrected chi connectivity index (χ4v) is 3.40. The summed E-state index contributed by atoms with van der Waals surface area (Å²) in [7, 11) is 1.75. The molecule has 1 heterocycles. The molecule has 1 saturated heterocycles. The lowest BCUT2D eigenvalue weighted by Gasteiger charge is -2.47. The van der Waals surface area contributed by atoms with Crippen molar-refractivity contribution in [2.24, 2.45) is 0 Å². The van der Waals surface area contributed by atoms with Crippen molar-refractivity contribution < 1.29 is 9.47 Å². The third kappa shape index (κ3) is 3.05. The molecule has 1 aliphatic carbocycles. The first-order valence-corrected chi connectivity index (χ1v) is 7.74. The summed E-state index contributed by atoms with van der Waals surface area (Å²) in [5.41, 5.74) is 2.86. The summed E-state index contributed by atoms with van der Waals surface area (Å²) in [6.07, 6.45) is 6.16. The fraction of sp³-hybridized carbons (Fsp3) is 0.647. The summed E-state index contributed by atoms with van der Waals surface area (Å²) in [5.74, 6) is 0. The summed E-state index contributed by atoms with van der Waals surface area (Å²) in [5, 5.41) is 3.72. The topological polar surface area (TPSA) is 30.5 Å². The van der Waals surface area contributed by atoms with Crippen molar-refractivity contribution in [3.63, 3.8) is 0 Å². The lowest BCUT2D eigenvalue weighted by Crippen LogP contribution is -2.50. The molecule has 0 aromatic heterocycles. The van der Waals surface area contributed by atoms with E-state index >= 15 is 0 Å². The van der Waals surface area contributed by atoms with Gasteiger partial charge in [-0.25, -0.2) is 0 Å². The highest BCUT2D eigenvalue weighted by molar-refractivity contribution is 5.26. The number of benzene rings is 1. The molecule has 1 spiro atoms. The van der Waals surface area contributed by atoms with Gasteiger partial charge < -0.3 is 14.8 Å². The Hall–Kier alpha value is -0.900. The molecule has 0 bridgehead atoms. The van der Waals surface area contributed by atoms with Crippen LogP contribution in [0.1, 0.15) is 43.2 Å². The van der Waals surface area contributed by atoms with Gasteiger partial charge in [0.2, 0.25) is 0 Å². The molecular weight excluding hydrogens is 250 g/mol. The molecule has 3 heteroatoms. The SMILES string of the molecule is COCc1ccccc1CNC1CCOC2(CCC2)C1. The number of nitrogens with one attached hydrogen (secondary N) is 1. The molecule has 2 aliphatic rings. The summed E-state index contributed by atoms with van der Waals surface area (Å²) < 4.78 is 11.3. The van der Waals surface area contributed by atoms with Crippen molar-refractivity contribution in [2.75, 3.05) is 13.7 Å². The average molecular weight is 275 g/mol. The zero-order valence-electron chi connectivity index (χ0n) is 12.4. The van der Waals surface area contributed by atoms with Crippen molar-refractivity contribution in [2.45, 2.75) is 56.9 Å². The minimum Gasteiger partial charge on any atom is -0.380 e. The van der Waals surface area contributed by atoms with Crippen LogP contribution in [0.2, 0.25) is 0 Å². The molecule has 0 radical (unpaired) electrons. The van der Waals surface area contributed by atoms with Crippen LogP contribution in [0.5, 0.6) is 0 Å². The van der Waals surface area contributed by atoms with Crippen LogP contribution in [0.3, 0.4) is 0 Å². The van der Waals surface area contributed by atoms with Gasteiger partial charge in [0.15, 0.2) is 0 Å². The average Bonchev–Trinajstić information content (AvgIpc) is 2.45. The molecule has 1 unspecified atom stereocenters. The normalized spacial score (nSPS) is 24.6. The Bertz CT molecular complexity index is 442. The molecular formula is C17H25NO2. The van der Waals surface area contributed by atoms with Crippen molar-refractivity contribution in [1.82, 2.24) is 5.32 Å². The van der Waals surface area contributed by atoms with Crippen LogP contribution in [-0.2, 0) is 22.6 Å². The lowest BCUT2D eigenvalue weighted by molar-refractivity contribution is -0.135. The molecule has 1 aromatic carbocycles. The van der Waals surface area contributed by atoms with Gasteiger partial charge in [-0.2, -0.15) is 0 Å². The molecule has 1 aromatic rings. The second-order valence-electron chi connectivity index (χ2n) is 6.16. The highest BCUT2D eigenvalue weighted by Gasteiger charge is 2.42. The minimum absolute atomic E-state index is 0.224. The quantitative estimate of drug-likeness (QED) is 0.896. The molecule has 3 rings (SSSR count). The molecule has 3 nitrogen and oxygen atoms in total. The van der Waals surface area contributed by atoms with Crippen LogP contribution in [0.15, 0.2) is 24.3 Å². The predicted octanol–water partition coefficient (Wildman–Crippen LogP) is 3.02. The van der Waals surface area contributed by atoms with Crippen molar-refractivity contribution in [3.8, 4) is 0 Å². The molecule has 1 aliphatic heterocycles. The van der Waals surface area contributed by atoms with Gasteiger partial charge >= 0.3 is 0 Å². The highest BCUT2D eigenvalue weighted by atomic mass is 16.5. The maximum absolute atomic E-state index is 5.99. The molecule has 20 heavy (non-hydrogen) atoms. The largest absolute Gasteiger partial charge is 0.380 e. The number of hydrogen-bond acceptors (Lipinski definition) is 3. The molecule has 1 N–H and O–H groups in total. The van der Waals surface area contributed by atoms with E-state index < -0.39 is 0 Å². The maximum atomic E-state index is 5.99. The zero-order chi connectivity index (χ0) is 13.8. The standard InChI is InChI=1S/C17H25NO2/c1-19-13-15-6-3-2-5-14(15)12-18-16-7-10-20-17(11-16)8-4-9-17/h2-3,5-6,16,18H,4,7-13H2,1H3. The van der Waals surface area contributed by atoms with Crippen LogP contribution >= 0.6 is 0 Å².